The second kappa shape index (κ2) is 6.71. The molecule has 2 heterocycles. The summed E-state index contributed by atoms with van der Waals surface area (Å²) in [5, 5.41) is 3.51. The standard InChI is InChI=1S/C18H21F2N3O/c1-11(2)18(24)22-13-4-3-7-23(10-13)16-5-6-21-17-14(16)8-12(19)9-15(17)20/h5-6,8-9,11,13H,3-4,7,10H2,1-2H3,(H,22,24). The molecule has 128 valence electrons. The molecule has 1 amide bonds. The maximum atomic E-state index is 14.0. The summed E-state index contributed by atoms with van der Waals surface area (Å²) in [6, 6.07) is 3.97. The van der Waals surface area contributed by atoms with Crippen molar-refractivity contribution in [3.05, 3.63) is 36.0 Å². The maximum absolute atomic E-state index is 14.0. The van der Waals surface area contributed by atoms with Gasteiger partial charge in [-0.15, -0.1) is 0 Å². The van der Waals surface area contributed by atoms with E-state index in [0.717, 1.165) is 31.1 Å². The van der Waals surface area contributed by atoms with Crippen molar-refractivity contribution in [1.29, 1.82) is 0 Å². The van der Waals surface area contributed by atoms with Gasteiger partial charge in [0.1, 0.15) is 11.3 Å². The zero-order chi connectivity index (χ0) is 17.3. The van der Waals surface area contributed by atoms with Crippen LogP contribution in [0.15, 0.2) is 24.4 Å². The number of aromatic nitrogens is 1. The van der Waals surface area contributed by atoms with E-state index in [1.165, 1.54) is 12.3 Å². The zero-order valence-corrected chi connectivity index (χ0v) is 13.9. The third-order valence-electron chi connectivity index (χ3n) is 4.37. The first-order valence-electron chi connectivity index (χ1n) is 8.25. The number of anilines is 1. The summed E-state index contributed by atoms with van der Waals surface area (Å²) in [4.78, 5) is 18.0. The number of halogens is 2. The van der Waals surface area contributed by atoms with Gasteiger partial charge in [-0.1, -0.05) is 13.8 Å². The molecule has 0 aliphatic carbocycles. The fraction of sp³-hybridized carbons (Fsp3) is 0.444. The first-order valence-corrected chi connectivity index (χ1v) is 8.25. The van der Waals surface area contributed by atoms with Crippen molar-refractivity contribution in [3.63, 3.8) is 0 Å². The monoisotopic (exact) mass is 333 g/mol. The number of nitrogens with zero attached hydrogens (tertiary/aromatic N) is 2. The third kappa shape index (κ3) is 3.32. The largest absolute Gasteiger partial charge is 0.369 e. The summed E-state index contributed by atoms with van der Waals surface area (Å²) in [6.07, 6.45) is 3.35. The van der Waals surface area contributed by atoms with Crippen molar-refractivity contribution in [2.45, 2.75) is 32.7 Å². The van der Waals surface area contributed by atoms with E-state index in [4.69, 9.17) is 0 Å². The van der Waals surface area contributed by atoms with Crippen molar-refractivity contribution in [3.8, 4) is 0 Å². The number of amides is 1. The van der Waals surface area contributed by atoms with E-state index in [-0.39, 0.29) is 23.4 Å². The SMILES string of the molecule is CC(C)C(=O)NC1CCCN(c2ccnc3c(F)cc(F)cc23)C1. The normalized spacial score (nSPS) is 18.2. The molecule has 1 aromatic heterocycles. The van der Waals surface area contributed by atoms with Gasteiger partial charge in [-0.05, 0) is 25.0 Å². The summed E-state index contributed by atoms with van der Waals surface area (Å²) in [5.41, 5.74) is 0.920. The van der Waals surface area contributed by atoms with Crippen molar-refractivity contribution in [2.24, 2.45) is 5.92 Å². The molecule has 1 N–H and O–H groups in total. The smallest absolute Gasteiger partial charge is 0.222 e. The Morgan fingerprint density at radius 1 is 1.38 bits per heavy atom. The molecule has 0 saturated carbocycles. The summed E-state index contributed by atoms with van der Waals surface area (Å²) >= 11 is 0. The molecule has 1 aliphatic heterocycles. The summed E-state index contributed by atoms with van der Waals surface area (Å²) in [5.74, 6) is -1.31. The van der Waals surface area contributed by atoms with Gasteiger partial charge >= 0.3 is 0 Å². The molecule has 0 spiro atoms. The third-order valence-corrected chi connectivity index (χ3v) is 4.37. The van der Waals surface area contributed by atoms with Gasteiger partial charge in [0.2, 0.25) is 5.91 Å². The Labute approximate surface area is 139 Å². The minimum absolute atomic E-state index is 0.0264. The highest BCUT2D eigenvalue weighted by Crippen LogP contribution is 2.30. The predicted molar refractivity (Wildman–Crippen MR) is 89.9 cm³/mol. The first-order chi connectivity index (χ1) is 11.5. The number of nitrogens with one attached hydrogen (secondary N) is 1. The lowest BCUT2D eigenvalue weighted by molar-refractivity contribution is -0.124. The molecule has 1 atom stereocenters. The highest BCUT2D eigenvalue weighted by Gasteiger charge is 2.24. The minimum Gasteiger partial charge on any atom is -0.369 e. The zero-order valence-electron chi connectivity index (χ0n) is 13.9. The topological polar surface area (TPSA) is 45.2 Å². The summed E-state index contributed by atoms with van der Waals surface area (Å²) in [6.45, 7) is 5.12. The molecule has 1 fully saturated rings. The first kappa shape index (κ1) is 16.6. The molecule has 24 heavy (non-hydrogen) atoms. The Morgan fingerprint density at radius 3 is 2.92 bits per heavy atom. The molecule has 1 aromatic carbocycles. The van der Waals surface area contributed by atoms with Gasteiger partial charge in [0, 0.05) is 48.4 Å². The second-order valence-electron chi connectivity index (χ2n) is 6.56. The van der Waals surface area contributed by atoms with E-state index in [0.29, 0.717) is 11.9 Å². The lowest BCUT2D eigenvalue weighted by Crippen LogP contribution is -2.48. The highest BCUT2D eigenvalue weighted by atomic mass is 19.1. The number of hydrogen-bond acceptors (Lipinski definition) is 3. The minimum atomic E-state index is -0.659. The van der Waals surface area contributed by atoms with Crippen LogP contribution >= 0.6 is 0 Å². The Kier molecular flexibility index (Phi) is 4.64. The van der Waals surface area contributed by atoms with E-state index < -0.39 is 11.6 Å². The van der Waals surface area contributed by atoms with E-state index in [2.05, 4.69) is 15.2 Å². The molecule has 1 unspecified atom stereocenters. The van der Waals surface area contributed by atoms with Crippen LogP contribution in [0.2, 0.25) is 0 Å². The van der Waals surface area contributed by atoms with E-state index >= 15 is 0 Å². The fourth-order valence-electron chi connectivity index (χ4n) is 3.12. The van der Waals surface area contributed by atoms with E-state index in [1.54, 1.807) is 6.07 Å². The number of piperidine rings is 1. The van der Waals surface area contributed by atoms with Gasteiger partial charge in [-0.2, -0.15) is 0 Å². The van der Waals surface area contributed by atoms with Gasteiger partial charge in [0.15, 0.2) is 5.82 Å². The van der Waals surface area contributed by atoms with E-state index in [9.17, 15) is 13.6 Å². The maximum Gasteiger partial charge on any atom is 0.222 e. The van der Waals surface area contributed by atoms with Gasteiger partial charge in [-0.25, -0.2) is 8.78 Å². The van der Waals surface area contributed by atoms with Crippen LogP contribution in [-0.2, 0) is 4.79 Å². The average Bonchev–Trinajstić information content (AvgIpc) is 2.54. The Balaban J connectivity index is 1.88. The van der Waals surface area contributed by atoms with Crippen LogP contribution in [0.4, 0.5) is 14.5 Å². The number of rotatable bonds is 3. The quantitative estimate of drug-likeness (QED) is 0.938. The van der Waals surface area contributed by atoms with Crippen molar-refractivity contribution in [1.82, 2.24) is 10.3 Å². The molecule has 0 radical (unpaired) electrons. The molecule has 1 saturated heterocycles. The second-order valence-corrected chi connectivity index (χ2v) is 6.56. The Bertz CT molecular complexity index is 763. The number of hydrogen-bond donors (Lipinski definition) is 1. The number of carbonyl (C=O) groups excluding carboxylic acids is 1. The van der Waals surface area contributed by atoms with Crippen LogP contribution in [0.3, 0.4) is 0 Å². The predicted octanol–water partition coefficient (Wildman–Crippen LogP) is 3.25. The molecule has 0 bridgehead atoms. The van der Waals surface area contributed by atoms with Gasteiger partial charge < -0.3 is 10.2 Å². The average molecular weight is 333 g/mol. The van der Waals surface area contributed by atoms with Crippen LogP contribution in [-0.4, -0.2) is 30.0 Å². The van der Waals surface area contributed by atoms with Crippen LogP contribution in [0.5, 0.6) is 0 Å². The van der Waals surface area contributed by atoms with Gasteiger partial charge in [0.05, 0.1) is 0 Å². The summed E-state index contributed by atoms with van der Waals surface area (Å²) < 4.78 is 27.6. The molecule has 1 aliphatic rings. The molecular formula is C18H21F2N3O. The lowest BCUT2D eigenvalue weighted by Gasteiger charge is -2.35. The van der Waals surface area contributed by atoms with Crippen molar-refractivity contribution >= 4 is 22.5 Å². The molecule has 4 nitrogen and oxygen atoms in total. The van der Waals surface area contributed by atoms with Gasteiger partial charge in [0.25, 0.3) is 0 Å². The number of benzene rings is 1. The van der Waals surface area contributed by atoms with Crippen LogP contribution in [0, 0.1) is 17.6 Å². The summed E-state index contributed by atoms with van der Waals surface area (Å²) in [7, 11) is 0. The Hall–Kier alpha value is -2.24. The van der Waals surface area contributed by atoms with Crippen LogP contribution < -0.4 is 10.2 Å². The molecular weight excluding hydrogens is 312 g/mol. The lowest BCUT2D eigenvalue weighted by atomic mass is 10.0. The number of pyridine rings is 1. The number of fused-ring (bicyclic) bond motifs is 1. The molecule has 2 aromatic rings. The fourth-order valence-corrected chi connectivity index (χ4v) is 3.12. The highest BCUT2D eigenvalue weighted by molar-refractivity contribution is 5.92. The Morgan fingerprint density at radius 2 is 2.17 bits per heavy atom. The van der Waals surface area contributed by atoms with Crippen molar-refractivity contribution < 1.29 is 13.6 Å². The molecule has 6 heteroatoms. The van der Waals surface area contributed by atoms with Crippen LogP contribution in [0.25, 0.3) is 10.9 Å². The van der Waals surface area contributed by atoms with Crippen LogP contribution in [0.1, 0.15) is 26.7 Å². The van der Waals surface area contributed by atoms with Crippen molar-refractivity contribution in [2.75, 3.05) is 18.0 Å². The van der Waals surface area contributed by atoms with Gasteiger partial charge in [-0.3, -0.25) is 9.78 Å². The van der Waals surface area contributed by atoms with E-state index in [1.807, 2.05) is 13.8 Å². The molecule has 3 rings (SSSR count). The number of carbonyl (C=O) groups is 1.